The lowest BCUT2D eigenvalue weighted by molar-refractivity contribution is 0.852. The summed E-state index contributed by atoms with van der Waals surface area (Å²) >= 11 is 2.16. The van der Waals surface area contributed by atoms with E-state index >= 15 is 0 Å². The van der Waals surface area contributed by atoms with Crippen molar-refractivity contribution in [3.05, 3.63) is 34.2 Å². The van der Waals surface area contributed by atoms with Crippen molar-refractivity contribution in [3.8, 4) is 0 Å². The first kappa shape index (κ1) is 7.78. The number of halogens is 1. The summed E-state index contributed by atoms with van der Waals surface area (Å²) in [5, 5.41) is 0. The minimum atomic E-state index is 0.0694. The Balaban J connectivity index is 3.22. The molecule has 0 radical (unpaired) electrons. The van der Waals surface area contributed by atoms with Crippen molar-refractivity contribution in [2.24, 2.45) is 0 Å². The van der Waals surface area contributed by atoms with Crippen molar-refractivity contribution in [2.75, 3.05) is 0 Å². The number of aryl methyl sites for hydroxylation is 1. The van der Waals surface area contributed by atoms with Crippen LogP contribution in [0, 0.1) is 6.92 Å². The lowest BCUT2D eigenvalue weighted by Crippen LogP contribution is -2.15. The highest BCUT2D eigenvalue weighted by Crippen LogP contribution is 1.94. The number of rotatable bonds is 1. The van der Waals surface area contributed by atoms with E-state index in [0.717, 1.165) is 10.1 Å². The van der Waals surface area contributed by atoms with Crippen LogP contribution in [0.4, 0.5) is 0 Å². The average molecular weight is 249 g/mol. The van der Waals surface area contributed by atoms with Gasteiger partial charge in [0.2, 0.25) is 0 Å². The molecule has 0 aliphatic carbocycles. The van der Waals surface area contributed by atoms with Gasteiger partial charge in [0.1, 0.15) is 0 Å². The van der Waals surface area contributed by atoms with Crippen molar-refractivity contribution in [3.63, 3.8) is 0 Å². The van der Waals surface area contributed by atoms with Gasteiger partial charge in [-0.3, -0.25) is 4.79 Å². The van der Waals surface area contributed by atoms with Crippen LogP contribution in [0.1, 0.15) is 5.56 Å². The molecule has 0 atom stereocenters. The normalized spacial score (nSPS) is 9.80. The van der Waals surface area contributed by atoms with Gasteiger partial charge in [-0.25, -0.2) is 0 Å². The second kappa shape index (κ2) is 3.18. The van der Waals surface area contributed by atoms with Gasteiger partial charge in [0.15, 0.2) is 0 Å². The highest BCUT2D eigenvalue weighted by molar-refractivity contribution is 14.1. The summed E-state index contributed by atoms with van der Waals surface area (Å²) in [7, 11) is 0. The zero-order valence-electron chi connectivity index (χ0n) is 5.67. The third-order valence-corrected chi connectivity index (χ3v) is 2.00. The first-order valence-electron chi connectivity index (χ1n) is 2.97. The highest BCUT2D eigenvalue weighted by atomic mass is 127. The van der Waals surface area contributed by atoms with Crippen LogP contribution in [0.3, 0.4) is 0 Å². The molecule has 0 unspecified atom stereocenters. The Bertz CT molecular complexity index is 279. The van der Waals surface area contributed by atoms with Gasteiger partial charge in [0.05, 0.1) is 4.55 Å². The van der Waals surface area contributed by atoms with Gasteiger partial charge in [-0.05, 0) is 12.5 Å². The third-order valence-electron chi connectivity index (χ3n) is 1.26. The Morgan fingerprint density at radius 1 is 1.60 bits per heavy atom. The fourth-order valence-electron chi connectivity index (χ4n) is 0.744. The molecule has 1 aromatic heterocycles. The molecule has 0 aliphatic rings. The van der Waals surface area contributed by atoms with Crippen LogP contribution in [-0.4, -0.2) is 4.57 Å². The largest absolute Gasteiger partial charge is 0.306 e. The smallest absolute Gasteiger partial charge is 0.251 e. The van der Waals surface area contributed by atoms with Crippen LogP contribution in [0.15, 0.2) is 23.1 Å². The number of pyridine rings is 1. The topological polar surface area (TPSA) is 22.0 Å². The summed E-state index contributed by atoms with van der Waals surface area (Å²) in [6.45, 7) is 1.97. The lowest BCUT2D eigenvalue weighted by Gasteiger charge is -1.99. The molecule has 1 aromatic rings. The summed E-state index contributed by atoms with van der Waals surface area (Å²) in [4.78, 5) is 11.0. The molecule has 0 fully saturated rings. The first-order chi connectivity index (χ1) is 4.74. The summed E-state index contributed by atoms with van der Waals surface area (Å²) in [6, 6.07) is 3.42. The number of alkyl halides is 1. The number of nitrogens with zero attached hydrogens (tertiary/aromatic N) is 1. The summed E-state index contributed by atoms with van der Waals surface area (Å²) in [5.74, 6) is 0. The molecule has 2 nitrogen and oxygen atoms in total. The first-order valence-corrected chi connectivity index (χ1v) is 4.49. The van der Waals surface area contributed by atoms with Gasteiger partial charge < -0.3 is 4.57 Å². The molecule has 0 saturated heterocycles. The summed E-state index contributed by atoms with van der Waals surface area (Å²) < 4.78 is 2.40. The van der Waals surface area contributed by atoms with E-state index in [2.05, 4.69) is 22.6 Å². The summed E-state index contributed by atoms with van der Waals surface area (Å²) in [6.07, 6.45) is 1.86. The maximum Gasteiger partial charge on any atom is 0.251 e. The summed E-state index contributed by atoms with van der Waals surface area (Å²) in [5.41, 5.74) is 1.19. The van der Waals surface area contributed by atoms with E-state index in [4.69, 9.17) is 0 Å². The molecule has 0 spiro atoms. The van der Waals surface area contributed by atoms with Crippen molar-refractivity contribution < 1.29 is 0 Å². The molecule has 10 heavy (non-hydrogen) atoms. The maximum atomic E-state index is 11.0. The minimum Gasteiger partial charge on any atom is -0.306 e. The third kappa shape index (κ3) is 1.59. The molecular weight excluding hydrogens is 241 g/mol. The molecule has 0 aliphatic heterocycles. The molecule has 0 saturated carbocycles. The van der Waals surface area contributed by atoms with Crippen LogP contribution in [0.5, 0.6) is 0 Å². The van der Waals surface area contributed by atoms with Crippen LogP contribution < -0.4 is 5.56 Å². The van der Waals surface area contributed by atoms with E-state index in [9.17, 15) is 4.79 Å². The van der Waals surface area contributed by atoms with Gasteiger partial charge in [0.25, 0.3) is 5.56 Å². The fourth-order valence-corrected chi connectivity index (χ4v) is 1.28. The van der Waals surface area contributed by atoms with E-state index < -0.39 is 0 Å². The second-order valence-corrected chi connectivity index (χ2v) is 2.82. The maximum absolute atomic E-state index is 11.0. The van der Waals surface area contributed by atoms with E-state index in [-0.39, 0.29) is 5.56 Å². The molecule has 3 heteroatoms. The lowest BCUT2D eigenvalue weighted by atomic mass is 10.3. The predicted molar refractivity (Wildman–Crippen MR) is 49.5 cm³/mol. The quantitative estimate of drug-likeness (QED) is 0.546. The number of aromatic nitrogens is 1. The Labute approximate surface area is 73.0 Å². The molecular formula is C7H8INO. The molecule has 54 valence electrons. The average Bonchev–Trinajstić information content (AvgIpc) is 1.94. The SMILES string of the molecule is Cc1ccc(=O)n(CI)c1. The van der Waals surface area contributed by atoms with Gasteiger partial charge in [-0.1, -0.05) is 28.7 Å². The predicted octanol–water partition coefficient (Wildman–Crippen LogP) is 1.55. The molecule has 1 heterocycles. The monoisotopic (exact) mass is 249 g/mol. The molecule has 0 bridgehead atoms. The number of hydrogen-bond donors (Lipinski definition) is 0. The van der Waals surface area contributed by atoms with Crippen molar-refractivity contribution in [1.29, 1.82) is 0 Å². The standard InChI is InChI=1S/C7H8INO/c1-6-2-3-7(10)9(4-6)5-8/h2-4H,5H2,1H3. The van der Waals surface area contributed by atoms with Crippen LogP contribution in [0.2, 0.25) is 0 Å². The van der Waals surface area contributed by atoms with Crippen molar-refractivity contribution in [2.45, 2.75) is 11.5 Å². The van der Waals surface area contributed by atoms with Crippen LogP contribution in [-0.2, 0) is 4.55 Å². The molecule has 0 amide bonds. The Morgan fingerprint density at radius 3 is 2.80 bits per heavy atom. The van der Waals surface area contributed by atoms with E-state index in [0.29, 0.717) is 0 Å². The zero-order chi connectivity index (χ0) is 7.56. The van der Waals surface area contributed by atoms with Crippen LogP contribution in [0.25, 0.3) is 0 Å². The van der Waals surface area contributed by atoms with Crippen molar-refractivity contribution >= 4 is 22.6 Å². The second-order valence-electron chi connectivity index (χ2n) is 2.13. The van der Waals surface area contributed by atoms with Gasteiger partial charge in [-0.2, -0.15) is 0 Å². The van der Waals surface area contributed by atoms with Gasteiger partial charge in [-0.15, -0.1) is 0 Å². The van der Waals surface area contributed by atoms with E-state index in [1.165, 1.54) is 0 Å². The van der Waals surface area contributed by atoms with E-state index in [1.54, 1.807) is 10.6 Å². The highest BCUT2D eigenvalue weighted by Gasteiger charge is 1.90. The molecule has 0 N–H and O–H groups in total. The Kier molecular flexibility index (Phi) is 2.48. The molecule has 0 aromatic carbocycles. The Morgan fingerprint density at radius 2 is 2.30 bits per heavy atom. The van der Waals surface area contributed by atoms with E-state index in [1.807, 2.05) is 19.2 Å². The van der Waals surface area contributed by atoms with Gasteiger partial charge in [0, 0.05) is 12.3 Å². The number of hydrogen-bond acceptors (Lipinski definition) is 1. The van der Waals surface area contributed by atoms with Crippen LogP contribution >= 0.6 is 22.6 Å². The zero-order valence-corrected chi connectivity index (χ0v) is 7.83. The Hall–Kier alpha value is -0.320. The fraction of sp³-hybridized carbons (Fsp3) is 0.286. The minimum absolute atomic E-state index is 0.0694. The van der Waals surface area contributed by atoms with Crippen molar-refractivity contribution in [1.82, 2.24) is 4.57 Å². The van der Waals surface area contributed by atoms with Gasteiger partial charge >= 0.3 is 0 Å². The molecule has 1 rings (SSSR count).